The zero-order chi connectivity index (χ0) is 18.6. The number of aromatic nitrogens is 1. The van der Waals surface area contributed by atoms with Crippen LogP contribution in [0.3, 0.4) is 0 Å². The second-order valence-corrected chi connectivity index (χ2v) is 10.3. The fourth-order valence-corrected chi connectivity index (χ4v) is 7.99. The van der Waals surface area contributed by atoms with E-state index in [4.69, 9.17) is 4.74 Å². The van der Waals surface area contributed by atoms with E-state index >= 15 is 0 Å². The molecule has 1 heterocycles. The van der Waals surface area contributed by atoms with Gasteiger partial charge in [-0.1, -0.05) is 32.8 Å². The predicted octanol–water partition coefficient (Wildman–Crippen LogP) is 6.52. The lowest BCUT2D eigenvalue weighted by Crippen LogP contribution is -2.52. The van der Waals surface area contributed by atoms with E-state index in [1.807, 2.05) is 12.4 Å². The summed E-state index contributed by atoms with van der Waals surface area (Å²) in [6.45, 7) is 5.23. The van der Waals surface area contributed by atoms with Crippen molar-refractivity contribution in [1.29, 1.82) is 0 Å². The molecule has 5 rings (SSSR count). The Morgan fingerprint density at radius 3 is 2.74 bits per heavy atom. The Hall–Kier alpha value is -1.31. The number of allylic oxidation sites excluding steroid dienone is 2. The molecule has 6 atom stereocenters. The number of nitrogens with zero attached hydrogens (tertiary/aromatic N) is 1. The molecule has 2 nitrogen and oxygen atoms in total. The molecule has 146 valence electrons. The average molecular weight is 366 g/mol. The Bertz CT molecular complexity index is 754. The standard InChI is InChI=1S/C25H35NO/c1-24-12-5-4-6-18(24)7-8-20-22-10-9-21(25(22,2)13-11-23(20)24)17-14-19(27-3)16-26-15-17/h9,14-16,18,20,22-23H,4-8,10-13H2,1-3H3/t18?,20-,22-,23-,24-,25+/m0/s1. The Kier molecular flexibility index (Phi) is 4.18. The zero-order valence-corrected chi connectivity index (χ0v) is 17.3. The third-order valence-corrected chi connectivity index (χ3v) is 9.42. The molecule has 0 aromatic carbocycles. The molecule has 3 saturated carbocycles. The molecule has 0 saturated heterocycles. The van der Waals surface area contributed by atoms with Gasteiger partial charge in [0.2, 0.25) is 0 Å². The van der Waals surface area contributed by atoms with E-state index in [9.17, 15) is 0 Å². The Labute approximate surface area is 164 Å². The van der Waals surface area contributed by atoms with Gasteiger partial charge in [0.25, 0.3) is 0 Å². The number of rotatable bonds is 2. The van der Waals surface area contributed by atoms with Crippen molar-refractivity contribution in [3.05, 3.63) is 30.1 Å². The first-order chi connectivity index (χ1) is 13.1. The van der Waals surface area contributed by atoms with Gasteiger partial charge in [0.05, 0.1) is 13.3 Å². The fraction of sp³-hybridized carbons (Fsp3) is 0.720. The topological polar surface area (TPSA) is 22.1 Å². The minimum atomic E-state index is 0.326. The maximum Gasteiger partial charge on any atom is 0.137 e. The number of hydrogen-bond donors (Lipinski definition) is 0. The number of ether oxygens (including phenoxy) is 1. The molecule has 0 aliphatic heterocycles. The number of hydrogen-bond acceptors (Lipinski definition) is 2. The van der Waals surface area contributed by atoms with Crippen LogP contribution >= 0.6 is 0 Å². The second kappa shape index (κ2) is 6.36. The zero-order valence-electron chi connectivity index (χ0n) is 17.3. The summed E-state index contributed by atoms with van der Waals surface area (Å²) < 4.78 is 5.45. The SMILES string of the molecule is COc1cncc(C2=CC[C@H]3[C@@H]4CCC5CCCC[C@]5(C)[C@H]4CC[C@]23C)c1. The largest absolute Gasteiger partial charge is 0.495 e. The van der Waals surface area contributed by atoms with Crippen LogP contribution in [-0.2, 0) is 0 Å². The summed E-state index contributed by atoms with van der Waals surface area (Å²) in [5.74, 6) is 4.61. The van der Waals surface area contributed by atoms with Crippen molar-refractivity contribution in [2.45, 2.75) is 71.6 Å². The Morgan fingerprint density at radius 2 is 1.89 bits per heavy atom. The van der Waals surface area contributed by atoms with Gasteiger partial charge in [-0.15, -0.1) is 0 Å². The Morgan fingerprint density at radius 1 is 1.00 bits per heavy atom. The minimum Gasteiger partial charge on any atom is -0.495 e. The highest BCUT2D eigenvalue weighted by atomic mass is 16.5. The average Bonchev–Trinajstić information content (AvgIpc) is 3.05. The third kappa shape index (κ3) is 2.54. The maximum atomic E-state index is 5.45. The van der Waals surface area contributed by atoms with Gasteiger partial charge in [-0.05, 0) is 96.7 Å². The van der Waals surface area contributed by atoms with E-state index in [2.05, 4.69) is 31.0 Å². The van der Waals surface area contributed by atoms with Crippen molar-refractivity contribution >= 4 is 5.57 Å². The highest BCUT2D eigenvalue weighted by Gasteiger charge is 2.57. The van der Waals surface area contributed by atoms with Crippen molar-refractivity contribution in [3.63, 3.8) is 0 Å². The molecule has 0 bridgehead atoms. The molecule has 1 unspecified atom stereocenters. The van der Waals surface area contributed by atoms with E-state index in [0.717, 1.165) is 29.4 Å². The molecule has 4 aliphatic carbocycles. The molecule has 4 aliphatic rings. The Balaban J connectivity index is 1.45. The summed E-state index contributed by atoms with van der Waals surface area (Å²) in [5.41, 5.74) is 3.79. The smallest absolute Gasteiger partial charge is 0.137 e. The lowest BCUT2D eigenvalue weighted by atomic mass is 9.45. The fourth-order valence-electron chi connectivity index (χ4n) is 7.99. The normalized spacial score (nSPS) is 43.3. The highest BCUT2D eigenvalue weighted by molar-refractivity contribution is 5.73. The summed E-state index contributed by atoms with van der Waals surface area (Å²) in [4.78, 5) is 4.45. The highest BCUT2D eigenvalue weighted by Crippen LogP contribution is 2.67. The molecule has 3 fully saturated rings. The number of pyridine rings is 1. The van der Waals surface area contributed by atoms with Gasteiger partial charge in [-0.2, -0.15) is 0 Å². The minimum absolute atomic E-state index is 0.326. The quantitative estimate of drug-likeness (QED) is 0.595. The van der Waals surface area contributed by atoms with E-state index in [-0.39, 0.29) is 0 Å². The van der Waals surface area contributed by atoms with Crippen LogP contribution in [0.1, 0.15) is 77.2 Å². The van der Waals surface area contributed by atoms with Crippen LogP contribution < -0.4 is 4.74 Å². The van der Waals surface area contributed by atoms with Crippen molar-refractivity contribution in [2.24, 2.45) is 34.5 Å². The summed E-state index contributed by atoms with van der Waals surface area (Å²) in [6, 6.07) is 2.19. The molecule has 0 amide bonds. The molecule has 1 aromatic rings. The first-order valence-electron chi connectivity index (χ1n) is 11.3. The summed E-state index contributed by atoms with van der Waals surface area (Å²) in [6.07, 6.45) is 19.4. The van der Waals surface area contributed by atoms with Crippen LogP contribution in [0.15, 0.2) is 24.5 Å². The maximum absolute atomic E-state index is 5.45. The first-order valence-corrected chi connectivity index (χ1v) is 11.3. The van der Waals surface area contributed by atoms with E-state index in [0.29, 0.717) is 10.8 Å². The molecular weight excluding hydrogens is 330 g/mol. The number of methoxy groups -OCH3 is 1. The second-order valence-electron chi connectivity index (χ2n) is 10.3. The van der Waals surface area contributed by atoms with Crippen molar-refractivity contribution in [3.8, 4) is 5.75 Å². The summed E-state index contributed by atoms with van der Waals surface area (Å²) >= 11 is 0. The van der Waals surface area contributed by atoms with Crippen LogP contribution in [0.5, 0.6) is 5.75 Å². The van der Waals surface area contributed by atoms with Gasteiger partial charge >= 0.3 is 0 Å². The van der Waals surface area contributed by atoms with Gasteiger partial charge < -0.3 is 4.74 Å². The molecule has 2 heteroatoms. The van der Waals surface area contributed by atoms with Crippen LogP contribution in [0.4, 0.5) is 0 Å². The first kappa shape index (κ1) is 17.8. The van der Waals surface area contributed by atoms with Gasteiger partial charge in [0.1, 0.15) is 5.75 Å². The summed E-state index contributed by atoms with van der Waals surface area (Å²) in [7, 11) is 1.74. The molecular formula is C25H35NO. The monoisotopic (exact) mass is 365 g/mol. The lowest BCUT2D eigenvalue weighted by Gasteiger charge is -2.60. The van der Waals surface area contributed by atoms with Crippen LogP contribution in [0.2, 0.25) is 0 Å². The molecule has 0 radical (unpaired) electrons. The van der Waals surface area contributed by atoms with Crippen molar-refractivity contribution < 1.29 is 4.74 Å². The molecule has 27 heavy (non-hydrogen) atoms. The van der Waals surface area contributed by atoms with Gasteiger partial charge in [0.15, 0.2) is 0 Å². The number of fused-ring (bicyclic) bond motifs is 5. The molecule has 0 spiro atoms. The van der Waals surface area contributed by atoms with E-state index < -0.39 is 0 Å². The lowest BCUT2D eigenvalue weighted by molar-refractivity contribution is -0.0953. The van der Waals surface area contributed by atoms with Crippen molar-refractivity contribution in [2.75, 3.05) is 7.11 Å². The van der Waals surface area contributed by atoms with Gasteiger partial charge in [-0.25, -0.2) is 0 Å². The van der Waals surface area contributed by atoms with Crippen LogP contribution in [-0.4, -0.2) is 12.1 Å². The third-order valence-electron chi connectivity index (χ3n) is 9.42. The van der Waals surface area contributed by atoms with Gasteiger partial charge in [0, 0.05) is 6.20 Å². The van der Waals surface area contributed by atoms with E-state index in [1.165, 1.54) is 63.4 Å². The van der Waals surface area contributed by atoms with Crippen LogP contribution in [0, 0.1) is 34.5 Å². The van der Waals surface area contributed by atoms with Crippen molar-refractivity contribution in [1.82, 2.24) is 4.98 Å². The summed E-state index contributed by atoms with van der Waals surface area (Å²) in [5, 5.41) is 0. The van der Waals surface area contributed by atoms with Crippen LogP contribution in [0.25, 0.3) is 5.57 Å². The predicted molar refractivity (Wildman–Crippen MR) is 110 cm³/mol. The van der Waals surface area contributed by atoms with Gasteiger partial charge in [-0.3, -0.25) is 4.98 Å². The molecule has 0 N–H and O–H groups in total. The molecule has 1 aromatic heterocycles. The van der Waals surface area contributed by atoms with E-state index in [1.54, 1.807) is 12.7 Å².